The van der Waals surface area contributed by atoms with Crippen molar-refractivity contribution in [3.63, 3.8) is 0 Å². The van der Waals surface area contributed by atoms with Gasteiger partial charge in [0.15, 0.2) is 9.84 Å². The lowest BCUT2D eigenvalue weighted by Crippen LogP contribution is -2.19. The van der Waals surface area contributed by atoms with Crippen molar-refractivity contribution in [2.45, 2.75) is 38.0 Å². The number of rotatable bonds is 6. The molecule has 0 atom stereocenters. The Morgan fingerprint density at radius 2 is 1.71 bits per heavy atom. The van der Waals surface area contributed by atoms with Crippen molar-refractivity contribution in [3.8, 4) is 0 Å². The summed E-state index contributed by atoms with van der Waals surface area (Å²) in [6.45, 7) is 6.05. The molecule has 0 spiro atoms. The van der Waals surface area contributed by atoms with E-state index in [9.17, 15) is 13.2 Å². The van der Waals surface area contributed by atoms with E-state index < -0.39 is 9.84 Å². The molecule has 0 aliphatic heterocycles. The van der Waals surface area contributed by atoms with Crippen LogP contribution < -0.4 is 5.32 Å². The van der Waals surface area contributed by atoms with Gasteiger partial charge in [0.2, 0.25) is 5.91 Å². The van der Waals surface area contributed by atoms with Crippen molar-refractivity contribution < 1.29 is 13.2 Å². The molecular weight excluding hydrogens is 322 g/mol. The number of amides is 1. The Morgan fingerprint density at radius 3 is 2.33 bits per heavy atom. The molecule has 0 saturated carbocycles. The highest BCUT2D eigenvalue weighted by atomic mass is 32.2. The van der Waals surface area contributed by atoms with E-state index in [1.807, 2.05) is 25.1 Å². The summed E-state index contributed by atoms with van der Waals surface area (Å²) in [4.78, 5) is 12.5. The fourth-order valence-corrected chi connectivity index (χ4v) is 3.78. The minimum Gasteiger partial charge on any atom is -0.326 e. The first-order valence-electron chi connectivity index (χ1n) is 7.98. The fraction of sp³-hybridized carbons (Fsp3) is 0.316. The van der Waals surface area contributed by atoms with E-state index in [1.54, 1.807) is 30.3 Å². The van der Waals surface area contributed by atoms with Gasteiger partial charge in [-0.3, -0.25) is 4.79 Å². The molecule has 1 amide bonds. The van der Waals surface area contributed by atoms with Gasteiger partial charge in [-0.05, 0) is 36.1 Å². The first kappa shape index (κ1) is 18.2. The highest BCUT2D eigenvalue weighted by Gasteiger charge is 2.17. The first-order chi connectivity index (χ1) is 11.3. The van der Waals surface area contributed by atoms with Crippen LogP contribution in [0.1, 0.15) is 37.3 Å². The molecule has 0 heterocycles. The number of sulfone groups is 1. The van der Waals surface area contributed by atoms with E-state index in [4.69, 9.17) is 0 Å². The van der Waals surface area contributed by atoms with Crippen molar-refractivity contribution in [2.75, 3.05) is 11.1 Å². The number of benzene rings is 2. The van der Waals surface area contributed by atoms with Gasteiger partial charge < -0.3 is 5.32 Å². The third kappa shape index (κ3) is 4.45. The molecule has 1 N–H and O–H groups in total. The minimum atomic E-state index is -3.45. The molecule has 2 aromatic carbocycles. The monoisotopic (exact) mass is 345 g/mol. The number of nitrogens with one attached hydrogen (secondary N) is 1. The number of aryl methyl sites for hydroxylation is 1. The summed E-state index contributed by atoms with van der Waals surface area (Å²) in [6, 6.07) is 14.1. The lowest BCUT2D eigenvalue weighted by atomic mass is 9.98. The van der Waals surface area contributed by atoms with Gasteiger partial charge in [-0.1, -0.05) is 50.2 Å². The second-order valence-electron chi connectivity index (χ2n) is 6.12. The first-order valence-corrected chi connectivity index (χ1v) is 9.63. The number of carbonyl (C=O) groups excluding carboxylic acids is 1. The minimum absolute atomic E-state index is 0.0664. The molecular formula is C19H23NO3S. The molecule has 0 fully saturated rings. The summed E-state index contributed by atoms with van der Waals surface area (Å²) in [6.07, 6.45) is -0.0664. The number of hydrogen-bond donors (Lipinski definition) is 1. The van der Waals surface area contributed by atoms with Crippen molar-refractivity contribution in [3.05, 3.63) is 59.7 Å². The average Bonchev–Trinajstić information content (AvgIpc) is 2.55. The molecule has 2 aromatic rings. The predicted octanol–water partition coefficient (Wildman–Crippen LogP) is 3.92. The second-order valence-corrected chi connectivity index (χ2v) is 8.23. The Morgan fingerprint density at radius 1 is 1.04 bits per heavy atom. The Hall–Kier alpha value is -2.14. The lowest BCUT2D eigenvalue weighted by molar-refractivity contribution is -0.115. The summed E-state index contributed by atoms with van der Waals surface area (Å²) in [5.41, 5.74) is 2.81. The number of anilines is 1. The van der Waals surface area contributed by atoms with Gasteiger partial charge in [-0.25, -0.2) is 8.42 Å². The molecule has 0 unspecified atom stereocenters. The van der Waals surface area contributed by atoms with E-state index in [-0.39, 0.29) is 28.9 Å². The van der Waals surface area contributed by atoms with Crippen LogP contribution in [0.4, 0.5) is 5.69 Å². The van der Waals surface area contributed by atoms with Gasteiger partial charge in [0, 0.05) is 12.1 Å². The molecule has 0 radical (unpaired) electrons. The molecule has 0 aromatic heterocycles. The smallest absolute Gasteiger partial charge is 0.225 e. The quantitative estimate of drug-likeness (QED) is 0.863. The van der Waals surface area contributed by atoms with Crippen LogP contribution in [0.25, 0.3) is 0 Å². The number of para-hydroxylation sites is 1. The normalized spacial score (nSPS) is 11.5. The predicted molar refractivity (Wildman–Crippen MR) is 97.0 cm³/mol. The van der Waals surface area contributed by atoms with Crippen LogP contribution in [-0.4, -0.2) is 20.1 Å². The van der Waals surface area contributed by atoms with Crippen molar-refractivity contribution in [1.82, 2.24) is 0 Å². The molecule has 24 heavy (non-hydrogen) atoms. The summed E-state index contributed by atoms with van der Waals surface area (Å²) >= 11 is 0. The van der Waals surface area contributed by atoms with Crippen LogP contribution in [0.5, 0.6) is 0 Å². The summed E-state index contributed by atoms with van der Waals surface area (Å²) < 4.78 is 24.5. The summed E-state index contributed by atoms with van der Waals surface area (Å²) in [7, 11) is -3.45. The van der Waals surface area contributed by atoms with Crippen LogP contribution in [0.15, 0.2) is 53.4 Å². The molecule has 0 bridgehead atoms. The van der Waals surface area contributed by atoms with Gasteiger partial charge in [0.1, 0.15) is 0 Å². The van der Waals surface area contributed by atoms with E-state index in [2.05, 4.69) is 19.2 Å². The maximum Gasteiger partial charge on any atom is 0.225 e. The van der Waals surface area contributed by atoms with Crippen molar-refractivity contribution in [1.29, 1.82) is 0 Å². The highest BCUT2D eigenvalue weighted by molar-refractivity contribution is 7.91. The SMILES string of the molecule is Cc1cccc(C(C)C)c1NC(=O)CCS(=O)(=O)c1ccccc1. The largest absolute Gasteiger partial charge is 0.326 e. The van der Waals surface area contributed by atoms with Crippen LogP contribution in [0.3, 0.4) is 0 Å². The van der Waals surface area contributed by atoms with E-state index in [0.717, 1.165) is 16.8 Å². The maximum absolute atomic E-state index is 12.3. The Kier molecular flexibility index (Phi) is 5.78. The number of hydrogen-bond acceptors (Lipinski definition) is 3. The summed E-state index contributed by atoms with van der Waals surface area (Å²) in [5.74, 6) is -0.217. The summed E-state index contributed by atoms with van der Waals surface area (Å²) in [5, 5.41) is 2.88. The topological polar surface area (TPSA) is 63.2 Å². The standard InChI is InChI=1S/C19H23NO3S/c1-14(2)17-11-7-8-15(3)19(17)20-18(21)12-13-24(22,23)16-9-5-4-6-10-16/h4-11,14H,12-13H2,1-3H3,(H,20,21). The average molecular weight is 345 g/mol. The molecule has 128 valence electrons. The van der Waals surface area contributed by atoms with E-state index in [0.29, 0.717) is 0 Å². The molecule has 0 aliphatic rings. The van der Waals surface area contributed by atoms with Gasteiger partial charge in [0.05, 0.1) is 10.6 Å². The van der Waals surface area contributed by atoms with E-state index >= 15 is 0 Å². The van der Waals surface area contributed by atoms with Gasteiger partial charge in [-0.2, -0.15) is 0 Å². The Bertz CT molecular complexity index is 812. The van der Waals surface area contributed by atoms with Crippen LogP contribution in [-0.2, 0) is 14.6 Å². The lowest BCUT2D eigenvalue weighted by Gasteiger charge is -2.16. The zero-order valence-electron chi connectivity index (χ0n) is 14.2. The Labute approximate surface area is 143 Å². The fourth-order valence-electron chi connectivity index (χ4n) is 2.52. The van der Waals surface area contributed by atoms with Gasteiger partial charge in [0.25, 0.3) is 0 Å². The van der Waals surface area contributed by atoms with Gasteiger partial charge >= 0.3 is 0 Å². The number of carbonyl (C=O) groups is 1. The highest BCUT2D eigenvalue weighted by Crippen LogP contribution is 2.27. The second kappa shape index (κ2) is 7.62. The molecule has 2 rings (SSSR count). The zero-order chi connectivity index (χ0) is 17.7. The van der Waals surface area contributed by atoms with Crippen molar-refractivity contribution in [2.24, 2.45) is 0 Å². The third-order valence-corrected chi connectivity index (χ3v) is 5.62. The third-order valence-electron chi connectivity index (χ3n) is 3.89. The zero-order valence-corrected chi connectivity index (χ0v) is 15.1. The van der Waals surface area contributed by atoms with Crippen LogP contribution in [0.2, 0.25) is 0 Å². The van der Waals surface area contributed by atoms with E-state index in [1.165, 1.54) is 0 Å². The van der Waals surface area contributed by atoms with Crippen LogP contribution >= 0.6 is 0 Å². The molecule has 0 aliphatic carbocycles. The molecule has 5 heteroatoms. The van der Waals surface area contributed by atoms with Gasteiger partial charge in [-0.15, -0.1) is 0 Å². The molecule has 4 nitrogen and oxygen atoms in total. The molecule has 0 saturated heterocycles. The maximum atomic E-state index is 12.3. The van der Waals surface area contributed by atoms with Crippen molar-refractivity contribution >= 4 is 21.4 Å². The Balaban J connectivity index is 2.08. The van der Waals surface area contributed by atoms with Crippen LogP contribution in [0, 0.1) is 6.92 Å².